The van der Waals surface area contributed by atoms with Crippen LogP contribution >= 0.6 is 0 Å². The smallest absolute Gasteiger partial charge is 0.340 e. The van der Waals surface area contributed by atoms with E-state index in [0.717, 1.165) is 16.7 Å². The summed E-state index contributed by atoms with van der Waals surface area (Å²) in [7, 11) is 0. The number of carbonyl (C=O) groups excluding carboxylic acids is 3. The summed E-state index contributed by atoms with van der Waals surface area (Å²) < 4.78 is 10.1. The third-order valence-corrected chi connectivity index (χ3v) is 4.47. The van der Waals surface area contributed by atoms with E-state index in [-0.39, 0.29) is 18.6 Å². The van der Waals surface area contributed by atoms with Gasteiger partial charge < -0.3 is 14.8 Å². The number of anilines is 1. The molecule has 1 N–H and O–H groups in total. The van der Waals surface area contributed by atoms with E-state index in [1.807, 2.05) is 54.6 Å². The number of amides is 1. The molecule has 0 aliphatic rings. The summed E-state index contributed by atoms with van der Waals surface area (Å²) in [6.07, 6.45) is 0.0573. The van der Waals surface area contributed by atoms with Crippen LogP contribution in [0.2, 0.25) is 0 Å². The van der Waals surface area contributed by atoms with Gasteiger partial charge in [-0.2, -0.15) is 0 Å². The maximum atomic E-state index is 12.2. The second kappa shape index (κ2) is 10.7. The Kier molecular flexibility index (Phi) is 7.54. The number of benzene rings is 3. The Morgan fingerprint density at radius 1 is 0.774 bits per heavy atom. The molecule has 0 spiro atoms. The van der Waals surface area contributed by atoms with Gasteiger partial charge in [-0.25, -0.2) is 4.79 Å². The molecule has 6 nitrogen and oxygen atoms in total. The lowest BCUT2D eigenvalue weighted by molar-refractivity contribution is -0.146. The predicted octanol–water partition coefficient (Wildman–Crippen LogP) is 4.25. The summed E-state index contributed by atoms with van der Waals surface area (Å²) in [6.45, 7) is 1.48. The fourth-order valence-corrected chi connectivity index (χ4v) is 2.97. The molecule has 0 aliphatic heterocycles. The molecule has 0 unspecified atom stereocenters. The highest BCUT2D eigenvalue weighted by atomic mass is 16.5. The van der Waals surface area contributed by atoms with Crippen molar-refractivity contribution in [1.29, 1.82) is 0 Å². The van der Waals surface area contributed by atoms with Crippen LogP contribution in [0.4, 0.5) is 5.69 Å². The quantitative estimate of drug-likeness (QED) is 0.554. The van der Waals surface area contributed by atoms with Crippen LogP contribution in [-0.2, 0) is 25.5 Å². The lowest BCUT2D eigenvalue weighted by Gasteiger charge is -2.10. The monoisotopic (exact) mass is 417 g/mol. The molecule has 0 saturated heterocycles. The molecule has 3 rings (SSSR count). The lowest BCUT2D eigenvalue weighted by atomic mass is 10.0. The Labute approximate surface area is 180 Å². The van der Waals surface area contributed by atoms with Crippen LogP contribution in [-0.4, -0.2) is 31.1 Å². The molecule has 0 saturated carbocycles. The van der Waals surface area contributed by atoms with Crippen LogP contribution in [0, 0.1) is 0 Å². The van der Waals surface area contributed by atoms with Crippen LogP contribution in [0.5, 0.6) is 0 Å². The molecule has 0 aliphatic carbocycles. The van der Waals surface area contributed by atoms with Gasteiger partial charge in [0.1, 0.15) is 0 Å². The Hall–Kier alpha value is -3.93. The number of para-hydroxylation sites is 1. The van der Waals surface area contributed by atoms with Crippen LogP contribution in [0.15, 0.2) is 78.9 Å². The van der Waals surface area contributed by atoms with E-state index in [0.29, 0.717) is 5.69 Å². The van der Waals surface area contributed by atoms with Crippen molar-refractivity contribution < 1.29 is 23.9 Å². The van der Waals surface area contributed by atoms with Crippen molar-refractivity contribution >= 4 is 23.5 Å². The molecule has 0 bridgehead atoms. The van der Waals surface area contributed by atoms with Crippen molar-refractivity contribution in [2.24, 2.45) is 0 Å². The van der Waals surface area contributed by atoms with Crippen LogP contribution < -0.4 is 5.32 Å². The third kappa shape index (κ3) is 6.27. The van der Waals surface area contributed by atoms with Crippen molar-refractivity contribution in [2.75, 3.05) is 18.5 Å². The Bertz CT molecular complexity index is 1050. The van der Waals surface area contributed by atoms with Crippen molar-refractivity contribution in [1.82, 2.24) is 0 Å². The third-order valence-electron chi connectivity index (χ3n) is 4.47. The number of hydrogen-bond acceptors (Lipinski definition) is 5. The zero-order valence-electron chi connectivity index (χ0n) is 17.2. The number of rotatable bonds is 8. The first-order valence-corrected chi connectivity index (χ1v) is 9.93. The van der Waals surface area contributed by atoms with E-state index in [4.69, 9.17) is 9.47 Å². The van der Waals surface area contributed by atoms with E-state index in [1.54, 1.807) is 31.2 Å². The summed E-state index contributed by atoms with van der Waals surface area (Å²) in [5, 5.41) is 2.58. The van der Waals surface area contributed by atoms with Crippen molar-refractivity contribution in [3.8, 4) is 11.1 Å². The molecular formula is C25H23NO5. The van der Waals surface area contributed by atoms with Gasteiger partial charge in [0, 0.05) is 0 Å². The zero-order chi connectivity index (χ0) is 22.1. The van der Waals surface area contributed by atoms with Gasteiger partial charge in [-0.1, -0.05) is 66.7 Å². The fourth-order valence-electron chi connectivity index (χ4n) is 2.97. The molecule has 0 aromatic heterocycles. The van der Waals surface area contributed by atoms with Gasteiger partial charge in [0.15, 0.2) is 6.61 Å². The van der Waals surface area contributed by atoms with Crippen LogP contribution in [0.3, 0.4) is 0 Å². The van der Waals surface area contributed by atoms with Gasteiger partial charge in [-0.05, 0) is 35.7 Å². The number of esters is 2. The van der Waals surface area contributed by atoms with Crippen LogP contribution in [0.25, 0.3) is 11.1 Å². The molecular weight excluding hydrogens is 394 g/mol. The van der Waals surface area contributed by atoms with E-state index in [9.17, 15) is 14.4 Å². The molecule has 0 heterocycles. The van der Waals surface area contributed by atoms with Crippen molar-refractivity contribution in [3.63, 3.8) is 0 Å². The molecule has 0 radical (unpaired) electrons. The topological polar surface area (TPSA) is 81.7 Å². The first kappa shape index (κ1) is 21.8. The number of carbonyl (C=O) groups is 3. The average molecular weight is 417 g/mol. The second-order valence-corrected chi connectivity index (χ2v) is 6.71. The Balaban J connectivity index is 1.51. The van der Waals surface area contributed by atoms with E-state index >= 15 is 0 Å². The zero-order valence-corrected chi connectivity index (χ0v) is 17.2. The summed E-state index contributed by atoms with van der Waals surface area (Å²) in [4.78, 5) is 36.2. The minimum absolute atomic E-state index is 0.0573. The van der Waals surface area contributed by atoms with E-state index in [1.165, 1.54) is 0 Å². The van der Waals surface area contributed by atoms with Gasteiger partial charge in [0.2, 0.25) is 0 Å². The molecule has 6 heteroatoms. The van der Waals surface area contributed by atoms with Gasteiger partial charge >= 0.3 is 11.9 Å². The molecule has 3 aromatic carbocycles. The van der Waals surface area contributed by atoms with Gasteiger partial charge in [-0.15, -0.1) is 0 Å². The highest BCUT2D eigenvalue weighted by Crippen LogP contribution is 2.19. The van der Waals surface area contributed by atoms with E-state index < -0.39 is 24.5 Å². The maximum Gasteiger partial charge on any atom is 0.340 e. The maximum absolute atomic E-state index is 12.2. The largest absolute Gasteiger partial charge is 0.462 e. The summed E-state index contributed by atoms with van der Waals surface area (Å²) >= 11 is 0. The number of ether oxygens (including phenoxy) is 2. The average Bonchev–Trinajstić information content (AvgIpc) is 2.79. The minimum atomic E-state index is -0.537. The van der Waals surface area contributed by atoms with Crippen molar-refractivity contribution in [2.45, 2.75) is 13.3 Å². The second-order valence-electron chi connectivity index (χ2n) is 6.71. The van der Waals surface area contributed by atoms with Gasteiger partial charge in [0.05, 0.1) is 24.3 Å². The Morgan fingerprint density at radius 3 is 2.13 bits per heavy atom. The van der Waals surface area contributed by atoms with Gasteiger partial charge in [0.25, 0.3) is 5.91 Å². The minimum Gasteiger partial charge on any atom is -0.462 e. The molecule has 1 amide bonds. The van der Waals surface area contributed by atoms with Crippen molar-refractivity contribution in [3.05, 3.63) is 90.0 Å². The number of nitrogens with one attached hydrogen (secondary N) is 1. The Morgan fingerprint density at radius 2 is 1.42 bits per heavy atom. The summed E-state index contributed by atoms with van der Waals surface area (Å²) in [5.74, 6) is -1.58. The van der Waals surface area contributed by atoms with E-state index in [2.05, 4.69) is 5.32 Å². The molecule has 31 heavy (non-hydrogen) atoms. The summed E-state index contributed by atoms with van der Waals surface area (Å²) in [5.41, 5.74) is 3.48. The molecule has 158 valence electrons. The first-order valence-electron chi connectivity index (χ1n) is 9.93. The first-order chi connectivity index (χ1) is 15.1. The fraction of sp³-hybridized carbons (Fsp3) is 0.160. The molecule has 0 atom stereocenters. The highest BCUT2D eigenvalue weighted by molar-refractivity contribution is 6.01. The summed E-state index contributed by atoms with van der Waals surface area (Å²) in [6, 6.07) is 24.0. The highest BCUT2D eigenvalue weighted by Gasteiger charge is 2.15. The normalized spacial score (nSPS) is 10.2. The standard InChI is InChI=1S/C25H23NO5/c1-2-30-25(29)21-10-6-7-11-22(21)26-23(27)17-31-24(28)16-18-12-14-20(15-13-18)19-8-4-3-5-9-19/h3-15H,2,16-17H2,1H3,(H,26,27). The van der Waals surface area contributed by atoms with Gasteiger partial charge in [-0.3, -0.25) is 9.59 Å². The number of hydrogen-bond donors (Lipinski definition) is 1. The lowest BCUT2D eigenvalue weighted by Crippen LogP contribution is -2.23. The predicted molar refractivity (Wildman–Crippen MR) is 118 cm³/mol. The van der Waals surface area contributed by atoms with Crippen LogP contribution in [0.1, 0.15) is 22.8 Å². The SMILES string of the molecule is CCOC(=O)c1ccccc1NC(=O)COC(=O)Cc1ccc(-c2ccccc2)cc1. The molecule has 3 aromatic rings. The molecule has 0 fully saturated rings.